The highest BCUT2D eigenvalue weighted by molar-refractivity contribution is 5.72. The molecule has 228 valence electrons. The summed E-state index contributed by atoms with van der Waals surface area (Å²) in [6, 6.07) is 19.3. The minimum absolute atomic E-state index is 0.0480. The van der Waals surface area contributed by atoms with Crippen molar-refractivity contribution in [1.82, 2.24) is 9.80 Å². The first kappa shape index (κ1) is 32.8. The number of aromatic hydroxyl groups is 2. The number of aliphatic imine (C=N–C) groups is 1. The Morgan fingerprint density at radius 3 is 1.90 bits per heavy atom. The number of nitrogens with one attached hydrogen (secondary N) is 1. The van der Waals surface area contributed by atoms with Crippen molar-refractivity contribution in [2.75, 3.05) is 52.3 Å². The van der Waals surface area contributed by atoms with Crippen molar-refractivity contribution in [3.05, 3.63) is 71.8 Å². The standard InChI is InChI=1S/C34H48N4O4/c1-5-37(25-27-15-7-9-17-33(27)41-3)21-13-11-19-35-29-23-32(40)30(24-31(29)39)36-20-12-14-22-38(6-2)26-28-16-8-10-18-34(28)42-4/h7-10,15-19,23-24,36,39-40H,5-6,11-14,20-22,25-26H2,1-4H3. The lowest BCUT2D eigenvalue weighted by Crippen LogP contribution is -2.24. The summed E-state index contributed by atoms with van der Waals surface area (Å²) in [5.74, 6) is 1.96. The summed E-state index contributed by atoms with van der Waals surface area (Å²) in [5, 5.41) is 24.3. The van der Waals surface area contributed by atoms with Gasteiger partial charge in [-0.05, 0) is 64.0 Å². The van der Waals surface area contributed by atoms with Crippen LogP contribution in [0.2, 0.25) is 0 Å². The average Bonchev–Trinajstić information content (AvgIpc) is 3.01. The Morgan fingerprint density at radius 2 is 1.33 bits per heavy atom. The molecule has 8 nitrogen and oxygen atoms in total. The fourth-order valence-corrected chi connectivity index (χ4v) is 4.91. The van der Waals surface area contributed by atoms with E-state index in [0.29, 0.717) is 17.9 Å². The molecule has 3 rings (SSSR count). The van der Waals surface area contributed by atoms with Gasteiger partial charge >= 0.3 is 0 Å². The van der Waals surface area contributed by atoms with Crippen LogP contribution in [0.5, 0.6) is 23.0 Å². The van der Waals surface area contributed by atoms with Gasteiger partial charge < -0.3 is 25.0 Å². The topological polar surface area (TPSA) is 89.8 Å². The summed E-state index contributed by atoms with van der Waals surface area (Å²) < 4.78 is 11.0. The van der Waals surface area contributed by atoms with Crippen LogP contribution >= 0.6 is 0 Å². The van der Waals surface area contributed by atoms with E-state index < -0.39 is 0 Å². The maximum absolute atomic E-state index is 10.5. The van der Waals surface area contributed by atoms with E-state index in [9.17, 15) is 10.2 Å². The summed E-state index contributed by atoms with van der Waals surface area (Å²) in [4.78, 5) is 9.18. The normalized spacial score (nSPS) is 11.5. The molecule has 0 bridgehead atoms. The fraction of sp³-hybridized carbons (Fsp3) is 0.441. The van der Waals surface area contributed by atoms with Crippen molar-refractivity contribution < 1.29 is 19.7 Å². The third kappa shape index (κ3) is 10.3. The molecule has 3 aromatic carbocycles. The fourth-order valence-electron chi connectivity index (χ4n) is 4.91. The maximum atomic E-state index is 10.5. The monoisotopic (exact) mass is 576 g/mol. The minimum atomic E-state index is 0.0480. The van der Waals surface area contributed by atoms with Crippen molar-refractivity contribution >= 4 is 17.6 Å². The number of anilines is 1. The molecule has 42 heavy (non-hydrogen) atoms. The van der Waals surface area contributed by atoms with Gasteiger partial charge in [0.1, 0.15) is 28.7 Å². The van der Waals surface area contributed by atoms with Crippen molar-refractivity contribution in [2.45, 2.75) is 52.6 Å². The number of rotatable bonds is 19. The molecule has 8 heteroatoms. The molecule has 0 amide bonds. The van der Waals surface area contributed by atoms with Crippen LogP contribution in [0.25, 0.3) is 0 Å². The second-order valence-corrected chi connectivity index (χ2v) is 10.3. The van der Waals surface area contributed by atoms with Crippen LogP contribution in [-0.2, 0) is 13.1 Å². The van der Waals surface area contributed by atoms with E-state index in [1.165, 1.54) is 17.2 Å². The number of phenolic OH excluding ortho intramolecular Hbond substituents is 2. The number of para-hydroxylation sites is 2. The predicted octanol–water partition coefficient (Wildman–Crippen LogP) is 6.83. The Labute approximate surface area is 251 Å². The Bertz CT molecular complexity index is 1250. The Hall–Kier alpha value is -3.75. The molecule has 0 aromatic heterocycles. The second-order valence-electron chi connectivity index (χ2n) is 10.3. The molecule has 0 aliphatic carbocycles. The number of benzene rings is 3. The highest BCUT2D eigenvalue weighted by Crippen LogP contribution is 2.36. The molecule has 0 heterocycles. The van der Waals surface area contributed by atoms with Crippen LogP contribution in [0.15, 0.2) is 65.7 Å². The van der Waals surface area contributed by atoms with E-state index >= 15 is 0 Å². The predicted molar refractivity (Wildman–Crippen MR) is 173 cm³/mol. The van der Waals surface area contributed by atoms with Gasteiger partial charge in [0.15, 0.2) is 0 Å². The first-order valence-electron chi connectivity index (χ1n) is 15.0. The first-order valence-corrected chi connectivity index (χ1v) is 15.0. The van der Waals surface area contributed by atoms with Crippen LogP contribution in [-0.4, -0.2) is 73.2 Å². The lowest BCUT2D eigenvalue weighted by Gasteiger charge is -2.21. The number of ether oxygens (including phenoxy) is 2. The van der Waals surface area contributed by atoms with Gasteiger partial charge in [0.2, 0.25) is 0 Å². The Morgan fingerprint density at radius 1 is 0.762 bits per heavy atom. The summed E-state index contributed by atoms with van der Waals surface area (Å²) in [5.41, 5.74) is 3.25. The summed E-state index contributed by atoms with van der Waals surface area (Å²) in [7, 11) is 3.41. The second kappa shape index (κ2) is 17.9. The summed E-state index contributed by atoms with van der Waals surface area (Å²) >= 11 is 0. The van der Waals surface area contributed by atoms with Crippen LogP contribution in [0.4, 0.5) is 11.4 Å². The quantitative estimate of drug-likeness (QED) is 0.0623. The molecule has 3 aromatic rings. The van der Waals surface area contributed by atoms with E-state index in [-0.39, 0.29) is 11.5 Å². The highest BCUT2D eigenvalue weighted by atomic mass is 16.5. The van der Waals surface area contributed by atoms with Gasteiger partial charge in [-0.1, -0.05) is 50.2 Å². The van der Waals surface area contributed by atoms with Crippen LogP contribution in [0.3, 0.4) is 0 Å². The third-order valence-electron chi connectivity index (χ3n) is 7.41. The molecule has 0 spiro atoms. The SMILES string of the molecule is CCN(CCCC=Nc1cc(O)c(NCCCCN(CC)Cc2ccccc2OC)cc1O)Cc1ccccc1OC. The molecule has 0 atom stereocenters. The highest BCUT2D eigenvalue weighted by Gasteiger charge is 2.11. The molecule has 0 aliphatic rings. The van der Waals surface area contributed by atoms with Gasteiger partial charge in [-0.3, -0.25) is 14.8 Å². The van der Waals surface area contributed by atoms with E-state index in [4.69, 9.17) is 9.47 Å². The number of phenols is 2. The Kier molecular flexibility index (Phi) is 14.0. The number of nitrogens with zero attached hydrogens (tertiary/aromatic N) is 3. The van der Waals surface area contributed by atoms with Gasteiger partial charge in [0.25, 0.3) is 0 Å². The zero-order valence-electron chi connectivity index (χ0n) is 25.7. The van der Waals surface area contributed by atoms with E-state index in [1.54, 1.807) is 20.3 Å². The molecule has 0 saturated carbocycles. The van der Waals surface area contributed by atoms with E-state index in [1.807, 2.05) is 42.6 Å². The van der Waals surface area contributed by atoms with Crippen molar-refractivity contribution in [1.29, 1.82) is 0 Å². The van der Waals surface area contributed by atoms with Crippen molar-refractivity contribution in [3.63, 3.8) is 0 Å². The molecule has 0 radical (unpaired) electrons. The average molecular weight is 577 g/mol. The summed E-state index contributed by atoms with van der Waals surface area (Å²) in [6.07, 6.45) is 5.47. The molecular weight excluding hydrogens is 528 g/mol. The lowest BCUT2D eigenvalue weighted by molar-refractivity contribution is 0.270. The smallest absolute Gasteiger partial charge is 0.143 e. The summed E-state index contributed by atoms with van der Waals surface area (Å²) in [6.45, 7) is 10.5. The van der Waals surface area contributed by atoms with E-state index in [2.05, 4.69) is 46.1 Å². The third-order valence-corrected chi connectivity index (χ3v) is 7.41. The molecule has 0 unspecified atom stereocenters. The molecular formula is C34H48N4O4. The number of hydrogen-bond acceptors (Lipinski definition) is 8. The molecule has 0 aliphatic heterocycles. The molecule has 3 N–H and O–H groups in total. The molecule has 0 saturated heterocycles. The lowest BCUT2D eigenvalue weighted by atomic mass is 10.1. The van der Waals surface area contributed by atoms with Crippen molar-refractivity contribution in [2.24, 2.45) is 4.99 Å². The van der Waals surface area contributed by atoms with Crippen LogP contribution in [0.1, 0.15) is 50.7 Å². The maximum Gasteiger partial charge on any atom is 0.143 e. The van der Waals surface area contributed by atoms with E-state index in [0.717, 1.165) is 76.5 Å². The van der Waals surface area contributed by atoms with Gasteiger partial charge in [-0.2, -0.15) is 0 Å². The van der Waals surface area contributed by atoms with Gasteiger partial charge in [-0.15, -0.1) is 0 Å². The van der Waals surface area contributed by atoms with Gasteiger partial charge in [0, 0.05) is 49.1 Å². The minimum Gasteiger partial charge on any atom is -0.506 e. The van der Waals surface area contributed by atoms with Crippen molar-refractivity contribution in [3.8, 4) is 23.0 Å². The van der Waals surface area contributed by atoms with Gasteiger partial charge in [0.05, 0.1) is 19.9 Å². The largest absolute Gasteiger partial charge is 0.506 e. The van der Waals surface area contributed by atoms with Crippen LogP contribution < -0.4 is 14.8 Å². The number of methoxy groups -OCH3 is 2. The number of unbranched alkanes of at least 4 members (excludes halogenated alkanes) is 2. The number of hydrogen-bond donors (Lipinski definition) is 3. The van der Waals surface area contributed by atoms with Crippen LogP contribution in [0, 0.1) is 0 Å². The first-order chi connectivity index (χ1) is 20.5. The zero-order chi connectivity index (χ0) is 30.2. The Balaban J connectivity index is 1.40. The zero-order valence-corrected chi connectivity index (χ0v) is 25.7. The molecule has 0 fully saturated rings. The van der Waals surface area contributed by atoms with Gasteiger partial charge in [-0.25, -0.2) is 0 Å².